The number of carbonyl (C=O) groups excluding carboxylic acids is 1. The number of aryl methyl sites for hydroxylation is 1. The Balaban J connectivity index is 1.57. The number of anilines is 1. The summed E-state index contributed by atoms with van der Waals surface area (Å²) in [6.07, 6.45) is 0.521. The van der Waals surface area contributed by atoms with Crippen LogP contribution >= 0.6 is 0 Å². The molecule has 0 spiro atoms. The fourth-order valence-corrected chi connectivity index (χ4v) is 5.32. The molecule has 1 aromatic carbocycles. The van der Waals surface area contributed by atoms with Gasteiger partial charge in [-0.2, -0.15) is 5.10 Å². The molecule has 2 aliphatic rings. The van der Waals surface area contributed by atoms with Gasteiger partial charge in [0, 0.05) is 17.4 Å². The van der Waals surface area contributed by atoms with Crippen molar-refractivity contribution in [2.24, 2.45) is 0 Å². The van der Waals surface area contributed by atoms with Crippen molar-refractivity contribution in [2.45, 2.75) is 26.3 Å². The van der Waals surface area contributed by atoms with Crippen LogP contribution in [-0.4, -0.2) is 48.8 Å². The topological polar surface area (TPSA) is 99.5 Å². The normalized spacial score (nSPS) is 20.4. The average molecular weight is 391 g/mol. The van der Waals surface area contributed by atoms with Crippen LogP contribution in [-0.2, 0) is 9.84 Å². The molecule has 2 aliphatic heterocycles. The molecule has 27 heavy (non-hydrogen) atoms. The van der Waals surface area contributed by atoms with Gasteiger partial charge in [-0.25, -0.2) is 8.42 Å². The zero-order chi connectivity index (χ0) is 19.2. The van der Waals surface area contributed by atoms with Gasteiger partial charge < -0.3 is 14.8 Å². The van der Waals surface area contributed by atoms with Gasteiger partial charge in [-0.15, -0.1) is 0 Å². The summed E-state index contributed by atoms with van der Waals surface area (Å²) in [6.45, 7) is 4.53. The third-order valence-corrected chi connectivity index (χ3v) is 6.66. The number of ether oxygens (including phenoxy) is 2. The molecular formula is C18H21N3O5S. The molecule has 0 radical (unpaired) electrons. The number of hydrogen-bond acceptors (Lipinski definition) is 6. The average Bonchev–Trinajstić information content (AvgIpc) is 3.13. The van der Waals surface area contributed by atoms with E-state index < -0.39 is 9.84 Å². The smallest absolute Gasteiger partial charge is 0.259 e. The number of nitrogens with zero attached hydrogens (tertiary/aromatic N) is 2. The maximum Gasteiger partial charge on any atom is 0.259 e. The second-order valence-corrected chi connectivity index (χ2v) is 9.09. The quantitative estimate of drug-likeness (QED) is 0.858. The van der Waals surface area contributed by atoms with Gasteiger partial charge in [0.15, 0.2) is 21.3 Å². The van der Waals surface area contributed by atoms with Crippen molar-refractivity contribution in [3.05, 3.63) is 35.2 Å². The van der Waals surface area contributed by atoms with Crippen LogP contribution in [0, 0.1) is 13.8 Å². The van der Waals surface area contributed by atoms with Crippen LogP contribution in [0.15, 0.2) is 18.2 Å². The molecule has 3 heterocycles. The zero-order valence-electron chi connectivity index (χ0n) is 15.2. The lowest BCUT2D eigenvalue weighted by Gasteiger charge is -2.19. The lowest BCUT2D eigenvalue weighted by molar-refractivity contribution is 0.102. The summed E-state index contributed by atoms with van der Waals surface area (Å²) in [5.41, 5.74) is 2.31. The molecule has 1 fully saturated rings. The molecule has 9 heteroatoms. The number of hydrogen-bond donors (Lipinski definition) is 1. The summed E-state index contributed by atoms with van der Waals surface area (Å²) in [5, 5.41) is 7.30. The lowest BCUT2D eigenvalue weighted by atomic mass is 10.1. The second-order valence-electron chi connectivity index (χ2n) is 6.86. The monoisotopic (exact) mass is 391 g/mol. The van der Waals surface area contributed by atoms with Crippen molar-refractivity contribution < 1.29 is 22.7 Å². The number of amides is 1. The fraction of sp³-hybridized carbons (Fsp3) is 0.444. The molecule has 2 aromatic rings. The predicted molar refractivity (Wildman–Crippen MR) is 99.4 cm³/mol. The van der Waals surface area contributed by atoms with Gasteiger partial charge in [0.25, 0.3) is 5.91 Å². The molecule has 1 amide bonds. The van der Waals surface area contributed by atoms with Crippen LogP contribution in [0.2, 0.25) is 0 Å². The van der Waals surface area contributed by atoms with Crippen LogP contribution < -0.4 is 14.8 Å². The van der Waals surface area contributed by atoms with Crippen molar-refractivity contribution in [3.8, 4) is 11.5 Å². The van der Waals surface area contributed by atoms with Gasteiger partial charge in [-0.05, 0) is 32.4 Å². The summed E-state index contributed by atoms with van der Waals surface area (Å²) in [6, 6.07) is 5.02. The summed E-state index contributed by atoms with van der Waals surface area (Å²) >= 11 is 0. The highest BCUT2D eigenvalue weighted by Crippen LogP contribution is 2.33. The van der Waals surface area contributed by atoms with Gasteiger partial charge in [-0.3, -0.25) is 9.48 Å². The van der Waals surface area contributed by atoms with E-state index in [1.54, 1.807) is 36.7 Å². The Morgan fingerprint density at radius 2 is 1.96 bits per heavy atom. The van der Waals surface area contributed by atoms with E-state index in [9.17, 15) is 13.2 Å². The van der Waals surface area contributed by atoms with Gasteiger partial charge >= 0.3 is 0 Å². The highest BCUT2D eigenvalue weighted by molar-refractivity contribution is 7.91. The number of nitrogens with one attached hydrogen (secondary N) is 1. The van der Waals surface area contributed by atoms with E-state index in [2.05, 4.69) is 10.4 Å². The van der Waals surface area contributed by atoms with E-state index in [4.69, 9.17) is 9.47 Å². The molecule has 1 saturated heterocycles. The molecule has 1 N–H and O–H groups in total. The van der Waals surface area contributed by atoms with Crippen molar-refractivity contribution in [2.75, 3.05) is 30.0 Å². The number of benzene rings is 1. The Bertz CT molecular complexity index is 1010. The lowest BCUT2D eigenvalue weighted by Crippen LogP contribution is -2.18. The van der Waals surface area contributed by atoms with Crippen LogP contribution in [0.25, 0.3) is 0 Å². The van der Waals surface area contributed by atoms with Gasteiger partial charge in [-0.1, -0.05) is 0 Å². The highest BCUT2D eigenvalue weighted by Gasteiger charge is 2.32. The van der Waals surface area contributed by atoms with Crippen molar-refractivity contribution in [1.29, 1.82) is 0 Å². The van der Waals surface area contributed by atoms with E-state index in [1.807, 2.05) is 0 Å². The molecule has 0 aliphatic carbocycles. The van der Waals surface area contributed by atoms with Crippen LogP contribution in [0.4, 0.5) is 5.69 Å². The second kappa shape index (κ2) is 6.56. The first-order valence-electron chi connectivity index (χ1n) is 8.81. The summed E-state index contributed by atoms with van der Waals surface area (Å²) in [7, 11) is -3.03. The maximum absolute atomic E-state index is 12.8. The number of fused-ring (bicyclic) bond motifs is 1. The van der Waals surface area contributed by atoms with E-state index in [0.717, 1.165) is 0 Å². The summed E-state index contributed by atoms with van der Waals surface area (Å²) < 4.78 is 36.2. The molecule has 0 unspecified atom stereocenters. The summed E-state index contributed by atoms with van der Waals surface area (Å²) in [4.78, 5) is 12.8. The van der Waals surface area contributed by atoms with Gasteiger partial charge in [0.2, 0.25) is 0 Å². The number of sulfone groups is 1. The van der Waals surface area contributed by atoms with Gasteiger partial charge in [0.05, 0.1) is 28.8 Å². The first kappa shape index (κ1) is 17.8. The van der Waals surface area contributed by atoms with Crippen LogP contribution in [0.1, 0.15) is 34.2 Å². The van der Waals surface area contributed by atoms with E-state index in [-0.39, 0.29) is 23.5 Å². The molecule has 0 saturated carbocycles. The molecule has 4 rings (SSSR count). The number of aromatic nitrogens is 2. The fourth-order valence-electron chi connectivity index (χ4n) is 3.63. The van der Waals surface area contributed by atoms with Crippen LogP contribution in [0.3, 0.4) is 0 Å². The minimum Gasteiger partial charge on any atom is -0.486 e. The Hall–Kier alpha value is -2.55. The first-order chi connectivity index (χ1) is 12.8. The zero-order valence-corrected chi connectivity index (χ0v) is 16.0. The Morgan fingerprint density at radius 1 is 1.22 bits per heavy atom. The maximum atomic E-state index is 12.8. The van der Waals surface area contributed by atoms with Crippen molar-refractivity contribution in [3.63, 3.8) is 0 Å². The molecule has 0 bridgehead atoms. The van der Waals surface area contributed by atoms with Gasteiger partial charge in [0.1, 0.15) is 13.2 Å². The SMILES string of the molecule is Cc1nn([C@H]2CCS(=O)(=O)C2)c(C)c1C(=O)Nc1ccc2c(c1)OCCO2. The molecule has 8 nitrogen and oxygen atoms in total. The van der Waals surface area contributed by atoms with E-state index >= 15 is 0 Å². The van der Waals surface area contributed by atoms with Crippen molar-refractivity contribution in [1.82, 2.24) is 9.78 Å². The number of carbonyl (C=O) groups is 1. The third-order valence-electron chi connectivity index (χ3n) is 4.91. The standard InChI is InChI=1S/C18H21N3O5S/c1-11-17(12(2)21(20-11)14-5-8-27(23,24)10-14)18(22)19-13-3-4-15-16(9-13)26-7-6-25-15/h3-4,9,14H,5-8,10H2,1-2H3,(H,19,22)/t14-/m0/s1. The van der Waals surface area contributed by atoms with E-state index in [0.29, 0.717) is 53.8 Å². The minimum atomic E-state index is -3.03. The molecule has 1 atom stereocenters. The number of rotatable bonds is 3. The van der Waals surface area contributed by atoms with Crippen LogP contribution in [0.5, 0.6) is 11.5 Å². The van der Waals surface area contributed by atoms with E-state index in [1.165, 1.54) is 0 Å². The largest absolute Gasteiger partial charge is 0.486 e. The third kappa shape index (κ3) is 3.39. The predicted octanol–water partition coefficient (Wildman–Crippen LogP) is 1.88. The summed E-state index contributed by atoms with van der Waals surface area (Å²) in [5.74, 6) is 1.20. The minimum absolute atomic E-state index is 0.0676. The Morgan fingerprint density at radius 3 is 2.67 bits per heavy atom. The molecule has 144 valence electrons. The Kier molecular flexibility index (Phi) is 4.33. The molecular weight excluding hydrogens is 370 g/mol. The first-order valence-corrected chi connectivity index (χ1v) is 10.6. The van der Waals surface area contributed by atoms with Crippen molar-refractivity contribution >= 4 is 21.4 Å². The molecule has 1 aromatic heterocycles. The Labute approximate surface area is 157 Å². The highest BCUT2D eigenvalue weighted by atomic mass is 32.2.